The van der Waals surface area contributed by atoms with Crippen molar-refractivity contribution in [2.45, 2.75) is 32.4 Å². The van der Waals surface area contributed by atoms with Crippen LogP contribution in [0.4, 0.5) is 5.95 Å². The largest absolute Gasteiger partial charge is 0.497 e. The first kappa shape index (κ1) is 15.9. The Labute approximate surface area is 147 Å². The summed E-state index contributed by atoms with van der Waals surface area (Å²) in [5.74, 6) is 1.54. The first-order valence-electron chi connectivity index (χ1n) is 8.73. The molecular weight excluding hydrogens is 316 g/mol. The zero-order chi connectivity index (χ0) is 17.4. The maximum Gasteiger partial charge on any atom is 0.258 e. The predicted molar refractivity (Wildman–Crippen MR) is 94.8 cm³/mol. The zero-order valence-corrected chi connectivity index (χ0v) is 14.6. The van der Waals surface area contributed by atoms with Crippen LogP contribution in [0.25, 0.3) is 0 Å². The second kappa shape index (κ2) is 6.35. The van der Waals surface area contributed by atoms with Gasteiger partial charge in [-0.3, -0.25) is 4.79 Å². The molecule has 4 rings (SSSR count). The number of methoxy groups -OCH3 is 1. The molecular formula is C19H22N4O2. The van der Waals surface area contributed by atoms with Crippen molar-refractivity contribution in [2.75, 3.05) is 25.1 Å². The summed E-state index contributed by atoms with van der Waals surface area (Å²) in [5.41, 5.74) is 2.50. The van der Waals surface area contributed by atoms with E-state index in [9.17, 15) is 4.79 Å². The van der Waals surface area contributed by atoms with Gasteiger partial charge in [-0.05, 0) is 37.5 Å². The number of anilines is 1. The van der Waals surface area contributed by atoms with Crippen molar-refractivity contribution < 1.29 is 9.53 Å². The lowest BCUT2D eigenvalue weighted by Gasteiger charge is -2.24. The number of amides is 1. The van der Waals surface area contributed by atoms with Gasteiger partial charge in [-0.1, -0.05) is 12.1 Å². The standard InChI is InChI=1S/C19H22N4O2/c1-13(14-6-5-7-15(10-14)25-2)23-12-17-16(18(23)24)11-20-19(21-17)22-8-3-4-9-22/h5-7,10-11,13H,3-4,8-9,12H2,1-2H3. The van der Waals surface area contributed by atoms with Crippen LogP contribution >= 0.6 is 0 Å². The molecule has 0 N–H and O–H groups in total. The summed E-state index contributed by atoms with van der Waals surface area (Å²) in [4.78, 5) is 25.9. The van der Waals surface area contributed by atoms with Crippen molar-refractivity contribution >= 4 is 11.9 Å². The van der Waals surface area contributed by atoms with Crippen molar-refractivity contribution in [3.63, 3.8) is 0 Å². The summed E-state index contributed by atoms with van der Waals surface area (Å²) in [6.07, 6.45) is 4.05. The number of fused-ring (bicyclic) bond motifs is 1. The Bertz CT molecular complexity index is 802. The second-order valence-corrected chi connectivity index (χ2v) is 6.61. The van der Waals surface area contributed by atoms with Crippen LogP contribution in [0.5, 0.6) is 5.75 Å². The number of aromatic nitrogens is 2. The van der Waals surface area contributed by atoms with E-state index in [-0.39, 0.29) is 11.9 Å². The highest BCUT2D eigenvalue weighted by Gasteiger charge is 2.33. The molecule has 2 aromatic rings. The van der Waals surface area contributed by atoms with Gasteiger partial charge in [-0.2, -0.15) is 0 Å². The minimum Gasteiger partial charge on any atom is -0.497 e. The van der Waals surface area contributed by atoms with Gasteiger partial charge in [0.25, 0.3) is 5.91 Å². The third kappa shape index (κ3) is 2.81. The third-order valence-corrected chi connectivity index (χ3v) is 5.10. The summed E-state index contributed by atoms with van der Waals surface area (Å²) in [7, 11) is 1.65. The quantitative estimate of drug-likeness (QED) is 0.858. The van der Waals surface area contributed by atoms with Crippen LogP contribution in [-0.2, 0) is 6.54 Å². The summed E-state index contributed by atoms with van der Waals surface area (Å²) >= 11 is 0. The van der Waals surface area contributed by atoms with Gasteiger partial charge in [-0.15, -0.1) is 0 Å². The molecule has 0 saturated carbocycles. The van der Waals surface area contributed by atoms with Gasteiger partial charge >= 0.3 is 0 Å². The summed E-state index contributed by atoms with van der Waals surface area (Å²) in [6, 6.07) is 7.80. The average molecular weight is 338 g/mol. The number of hydrogen-bond acceptors (Lipinski definition) is 5. The fourth-order valence-corrected chi connectivity index (χ4v) is 3.56. The minimum atomic E-state index is -0.0490. The molecule has 1 aromatic heterocycles. The molecule has 1 fully saturated rings. The Kier molecular flexibility index (Phi) is 4.03. The first-order chi connectivity index (χ1) is 12.2. The molecule has 1 aromatic carbocycles. The van der Waals surface area contributed by atoms with Gasteiger partial charge in [0.2, 0.25) is 5.95 Å². The molecule has 0 radical (unpaired) electrons. The Balaban J connectivity index is 1.58. The van der Waals surface area contributed by atoms with Gasteiger partial charge in [0.15, 0.2) is 0 Å². The molecule has 0 spiro atoms. The normalized spacial score (nSPS) is 17.8. The molecule has 6 heteroatoms. The van der Waals surface area contributed by atoms with Crippen LogP contribution in [0.3, 0.4) is 0 Å². The lowest BCUT2D eigenvalue weighted by atomic mass is 10.1. The Morgan fingerprint density at radius 3 is 2.80 bits per heavy atom. The van der Waals surface area contributed by atoms with Gasteiger partial charge in [0.05, 0.1) is 31.0 Å². The monoisotopic (exact) mass is 338 g/mol. The number of carbonyl (C=O) groups is 1. The predicted octanol–water partition coefficient (Wildman–Crippen LogP) is 2.80. The van der Waals surface area contributed by atoms with Crippen LogP contribution in [0.15, 0.2) is 30.5 Å². The maximum absolute atomic E-state index is 12.8. The smallest absolute Gasteiger partial charge is 0.258 e. The van der Waals surface area contributed by atoms with Gasteiger partial charge in [-0.25, -0.2) is 9.97 Å². The number of ether oxygens (including phenoxy) is 1. The lowest BCUT2D eigenvalue weighted by molar-refractivity contribution is 0.0715. The molecule has 25 heavy (non-hydrogen) atoms. The highest BCUT2D eigenvalue weighted by molar-refractivity contribution is 5.97. The maximum atomic E-state index is 12.8. The molecule has 2 aliphatic rings. The van der Waals surface area contributed by atoms with Crippen molar-refractivity contribution in [3.8, 4) is 5.75 Å². The molecule has 2 aliphatic heterocycles. The first-order valence-corrected chi connectivity index (χ1v) is 8.73. The number of nitrogens with zero attached hydrogens (tertiary/aromatic N) is 4. The van der Waals surface area contributed by atoms with Gasteiger partial charge < -0.3 is 14.5 Å². The molecule has 1 amide bonds. The van der Waals surface area contributed by atoms with Gasteiger partial charge in [0, 0.05) is 19.3 Å². The Hall–Kier alpha value is -2.63. The Morgan fingerprint density at radius 1 is 1.24 bits per heavy atom. The van der Waals surface area contributed by atoms with E-state index in [1.165, 1.54) is 12.8 Å². The summed E-state index contributed by atoms with van der Waals surface area (Å²) in [5, 5.41) is 0. The van der Waals surface area contributed by atoms with Crippen LogP contribution in [0.2, 0.25) is 0 Å². The molecule has 3 heterocycles. The fourth-order valence-electron chi connectivity index (χ4n) is 3.56. The van der Waals surface area contributed by atoms with Crippen molar-refractivity contribution in [1.29, 1.82) is 0 Å². The molecule has 0 bridgehead atoms. The van der Waals surface area contributed by atoms with E-state index in [1.54, 1.807) is 13.3 Å². The topological polar surface area (TPSA) is 58.6 Å². The van der Waals surface area contributed by atoms with E-state index in [2.05, 4.69) is 14.9 Å². The van der Waals surface area contributed by atoms with E-state index in [1.807, 2.05) is 36.1 Å². The number of hydrogen-bond donors (Lipinski definition) is 0. The van der Waals surface area contributed by atoms with Crippen molar-refractivity contribution in [3.05, 3.63) is 47.3 Å². The van der Waals surface area contributed by atoms with Crippen LogP contribution in [-0.4, -0.2) is 41.0 Å². The lowest BCUT2D eigenvalue weighted by Crippen LogP contribution is -2.27. The SMILES string of the molecule is COc1cccc(C(C)N2Cc3nc(N4CCCC4)ncc3C2=O)c1. The number of rotatable bonds is 4. The molecule has 130 valence electrons. The van der Waals surface area contributed by atoms with E-state index in [0.717, 1.165) is 36.0 Å². The molecule has 1 atom stereocenters. The van der Waals surface area contributed by atoms with E-state index < -0.39 is 0 Å². The third-order valence-electron chi connectivity index (χ3n) is 5.10. The van der Waals surface area contributed by atoms with E-state index in [4.69, 9.17) is 4.74 Å². The Morgan fingerprint density at radius 2 is 2.04 bits per heavy atom. The van der Waals surface area contributed by atoms with Crippen LogP contribution < -0.4 is 9.64 Å². The fraction of sp³-hybridized carbons (Fsp3) is 0.421. The van der Waals surface area contributed by atoms with Crippen LogP contribution in [0.1, 0.15) is 47.4 Å². The van der Waals surface area contributed by atoms with Crippen molar-refractivity contribution in [2.24, 2.45) is 0 Å². The summed E-state index contributed by atoms with van der Waals surface area (Å²) in [6.45, 7) is 4.55. The molecule has 1 saturated heterocycles. The minimum absolute atomic E-state index is 0.00158. The van der Waals surface area contributed by atoms with Crippen molar-refractivity contribution in [1.82, 2.24) is 14.9 Å². The van der Waals surface area contributed by atoms with Gasteiger partial charge in [0.1, 0.15) is 5.75 Å². The summed E-state index contributed by atoms with van der Waals surface area (Å²) < 4.78 is 5.30. The number of carbonyl (C=O) groups excluding carboxylic acids is 1. The molecule has 6 nitrogen and oxygen atoms in total. The van der Waals surface area contributed by atoms with E-state index >= 15 is 0 Å². The second-order valence-electron chi connectivity index (χ2n) is 6.61. The average Bonchev–Trinajstić information content (AvgIpc) is 3.29. The highest BCUT2D eigenvalue weighted by Crippen LogP contribution is 2.32. The molecule has 1 unspecified atom stereocenters. The molecule has 0 aliphatic carbocycles. The zero-order valence-electron chi connectivity index (χ0n) is 14.6. The van der Waals surface area contributed by atoms with E-state index in [0.29, 0.717) is 12.1 Å². The number of benzene rings is 1. The highest BCUT2D eigenvalue weighted by atomic mass is 16.5. The van der Waals surface area contributed by atoms with Crippen LogP contribution in [0, 0.1) is 0 Å².